The second-order valence-corrected chi connectivity index (χ2v) is 5.00. The van der Waals surface area contributed by atoms with Crippen molar-refractivity contribution in [2.24, 2.45) is 0 Å². The number of hydrogen-bond donors (Lipinski definition) is 1. The molecule has 19 heavy (non-hydrogen) atoms. The van der Waals surface area contributed by atoms with Gasteiger partial charge in [-0.3, -0.25) is 5.32 Å². The number of nitrogens with one attached hydrogen (secondary N) is 1. The van der Waals surface area contributed by atoms with Crippen LogP contribution in [0.5, 0.6) is 0 Å². The molecule has 5 nitrogen and oxygen atoms in total. The van der Waals surface area contributed by atoms with Gasteiger partial charge < -0.3 is 9.47 Å². The molecule has 1 atom stereocenters. The van der Waals surface area contributed by atoms with Crippen LogP contribution in [0, 0.1) is 11.3 Å². The molecule has 0 radical (unpaired) electrons. The van der Waals surface area contributed by atoms with E-state index in [9.17, 15) is 5.26 Å². The van der Waals surface area contributed by atoms with E-state index in [1.165, 1.54) is 12.8 Å². The zero-order valence-corrected chi connectivity index (χ0v) is 11.8. The Kier molecular flexibility index (Phi) is 4.94. The van der Waals surface area contributed by atoms with E-state index in [0.29, 0.717) is 6.04 Å². The second kappa shape index (κ2) is 6.69. The van der Waals surface area contributed by atoms with E-state index < -0.39 is 0 Å². The molecule has 1 unspecified atom stereocenters. The lowest BCUT2D eigenvalue weighted by Gasteiger charge is -2.20. The Morgan fingerprint density at radius 1 is 1.53 bits per heavy atom. The summed E-state index contributed by atoms with van der Waals surface area (Å²) in [7, 11) is 0. The molecular weight excluding hydrogens is 238 g/mol. The second-order valence-electron chi connectivity index (χ2n) is 5.00. The molecule has 1 fully saturated rings. The van der Waals surface area contributed by atoms with Gasteiger partial charge in [0, 0.05) is 19.1 Å². The Bertz CT molecular complexity index is 425. The van der Waals surface area contributed by atoms with Gasteiger partial charge in [0.1, 0.15) is 6.04 Å². The van der Waals surface area contributed by atoms with Crippen molar-refractivity contribution in [2.75, 3.05) is 26.2 Å². The van der Waals surface area contributed by atoms with Gasteiger partial charge in [-0.2, -0.15) is 5.26 Å². The first kappa shape index (κ1) is 14.0. The van der Waals surface area contributed by atoms with Gasteiger partial charge in [0.25, 0.3) is 0 Å². The molecule has 5 heteroatoms. The summed E-state index contributed by atoms with van der Waals surface area (Å²) in [5.41, 5.74) is 1.00. The molecule has 0 bridgehead atoms. The molecule has 1 aromatic rings. The molecule has 1 heterocycles. The molecule has 0 saturated heterocycles. The molecular formula is C14H23N5. The average molecular weight is 261 g/mol. The lowest BCUT2D eigenvalue weighted by Crippen LogP contribution is -2.33. The predicted molar refractivity (Wildman–Crippen MR) is 74.6 cm³/mol. The minimum Gasteiger partial charge on any atom is -0.329 e. The van der Waals surface area contributed by atoms with E-state index in [1.807, 2.05) is 12.5 Å². The molecule has 1 aliphatic carbocycles. The minimum atomic E-state index is -0.251. The van der Waals surface area contributed by atoms with E-state index in [-0.39, 0.29) is 6.04 Å². The third kappa shape index (κ3) is 3.55. The molecule has 1 N–H and O–H groups in total. The van der Waals surface area contributed by atoms with Crippen molar-refractivity contribution in [1.29, 1.82) is 5.26 Å². The SMILES string of the molecule is CCN(CC)CCNC(C#N)c1cncn1C1CC1. The van der Waals surface area contributed by atoms with Crippen LogP contribution in [-0.4, -0.2) is 40.6 Å². The molecule has 1 aromatic heterocycles. The smallest absolute Gasteiger partial charge is 0.138 e. The van der Waals surface area contributed by atoms with Crippen molar-refractivity contribution in [3.63, 3.8) is 0 Å². The van der Waals surface area contributed by atoms with Crippen LogP contribution >= 0.6 is 0 Å². The predicted octanol–water partition coefficient (Wildman–Crippen LogP) is 1.71. The number of hydrogen-bond acceptors (Lipinski definition) is 4. The normalized spacial score (nSPS) is 16.5. The molecule has 104 valence electrons. The van der Waals surface area contributed by atoms with Gasteiger partial charge in [-0.25, -0.2) is 4.98 Å². The number of nitrogens with zero attached hydrogens (tertiary/aromatic N) is 4. The van der Waals surface area contributed by atoms with Gasteiger partial charge in [-0.05, 0) is 25.9 Å². The fourth-order valence-electron chi connectivity index (χ4n) is 2.32. The Morgan fingerprint density at radius 3 is 2.84 bits per heavy atom. The lowest BCUT2D eigenvalue weighted by molar-refractivity contribution is 0.299. The Morgan fingerprint density at radius 2 is 2.26 bits per heavy atom. The topological polar surface area (TPSA) is 56.9 Å². The Hall–Kier alpha value is -1.38. The zero-order valence-electron chi connectivity index (χ0n) is 11.8. The molecule has 1 saturated carbocycles. The summed E-state index contributed by atoms with van der Waals surface area (Å²) in [4.78, 5) is 6.54. The third-order valence-corrected chi connectivity index (χ3v) is 3.73. The monoisotopic (exact) mass is 261 g/mol. The maximum absolute atomic E-state index is 9.34. The van der Waals surface area contributed by atoms with E-state index in [2.05, 4.69) is 39.7 Å². The quantitative estimate of drug-likeness (QED) is 0.774. The van der Waals surface area contributed by atoms with E-state index in [0.717, 1.165) is 31.9 Å². The fraction of sp³-hybridized carbons (Fsp3) is 0.714. The van der Waals surface area contributed by atoms with Crippen LogP contribution in [0.15, 0.2) is 12.5 Å². The third-order valence-electron chi connectivity index (χ3n) is 3.73. The summed E-state index contributed by atoms with van der Waals surface area (Å²) in [5, 5.41) is 12.7. The van der Waals surface area contributed by atoms with Crippen molar-refractivity contribution in [2.45, 2.75) is 38.8 Å². The maximum atomic E-state index is 9.34. The number of aromatic nitrogens is 2. The van der Waals surface area contributed by atoms with Crippen LogP contribution < -0.4 is 5.32 Å². The number of likely N-dealkylation sites (N-methyl/N-ethyl adjacent to an activating group) is 1. The maximum Gasteiger partial charge on any atom is 0.138 e. The van der Waals surface area contributed by atoms with Crippen molar-refractivity contribution in [1.82, 2.24) is 19.8 Å². The summed E-state index contributed by atoms with van der Waals surface area (Å²) in [6.45, 7) is 8.23. The lowest BCUT2D eigenvalue weighted by atomic mass is 10.2. The molecule has 0 aromatic carbocycles. The van der Waals surface area contributed by atoms with Crippen molar-refractivity contribution in [3.8, 4) is 6.07 Å². The van der Waals surface area contributed by atoms with Crippen LogP contribution in [0.4, 0.5) is 0 Å². The fourth-order valence-corrected chi connectivity index (χ4v) is 2.32. The Labute approximate surface area is 115 Å². The molecule has 2 rings (SSSR count). The van der Waals surface area contributed by atoms with Crippen molar-refractivity contribution < 1.29 is 0 Å². The van der Waals surface area contributed by atoms with Crippen LogP contribution in [0.1, 0.15) is 44.5 Å². The average Bonchev–Trinajstić information content (AvgIpc) is 3.18. The van der Waals surface area contributed by atoms with Crippen LogP contribution in [0.2, 0.25) is 0 Å². The van der Waals surface area contributed by atoms with Crippen LogP contribution in [0.3, 0.4) is 0 Å². The van der Waals surface area contributed by atoms with E-state index in [1.54, 1.807) is 0 Å². The molecule has 1 aliphatic rings. The first-order valence-electron chi connectivity index (χ1n) is 7.17. The highest BCUT2D eigenvalue weighted by Crippen LogP contribution is 2.36. The van der Waals surface area contributed by atoms with E-state index >= 15 is 0 Å². The minimum absolute atomic E-state index is 0.251. The van der Waals surface area contributed by atoms with E-state index in [4.69, 9.17) is 0 Å². The summed E-state index contributed by atoms with van der Waals surface area (Å²) in [5.74, 6) is 0. The highest BCUT2D eigenvalue weighted by atomic mass is 15.2. The summed E-state index contributed by atoms with van der Waals surface area (Å²) in [6.07, 6.45) is 6.09. The van der Waals surface area contributed by atoms with Crippen LogP contribution in [0.25, 0.3) is 0 Å². The van der Waals surface area contributed by atoms with Gasteiger partial charge >= 0.3 is 0 Å². The number of rotatable bonds is 8. The first-order chi connectivity index (χ1) is 9.30. The highest BCUT2D eigenvalue weighted by molar-refractivity contribution is 5.16. The highest BCUT2D eigenvalue weighted by Gasteiger charge is 2.27. The standard InChI is InChI=1S/C14H23N5/c1-3-18(4-2)8-7-17-13(9-15)14-10-16-11-19(14)12-5-6-12/h10-13,17H,3-8H2,1-2H3. The van der Waals surface area contributed by atoms with Crippen molar-refractivity contribution >= 4 is 0 Å². The Balaban J connectivity index is 1.89. The number of imidazole rings is 1. The summed E-state index contributed by atoms with van der Waals surface area (Å²) in [6, 6.07) is 2.66. The molecule has 0 spiro atoms. The largest absolute Gasteiger partial charge is 0.329 e. The van der Waals surface area contributed by atoms with Gasteiger partial charge in [-0.1, -0.05) is 13.8 Å². The van der Waals surface area contributed by atoms with Crippen molar-refractivity contribution in [3.05, 3.63) is 18.2 Å². The van der Waals surface area contributed by atoms with Gasteiger partial charge in [0.05, 0.1) is 24.3 Å². The molecule has 0 aliphatic heterocycles. The summed E-state index contributed by atoms with van der Waals surface area (Å²) >= 11 is 0. The van der Waals surface area contributed by atoms with Gasteiger partial charge in [0.2, 0.25) is 0 Å². The number of nitriles is 1. The van der Waals surface area contributed by atoms with Gasteiger partial charge in [0.15, 0.2) is 0 Å². The first-order valence-corrected chi connectivity index (χ1v) is 7.17. The van der Waals surface area contributed by atoms with Gasteiger partial charge in [-0.15, -0.1) is 0 Å². The molecule has 0 amide bonds. The zero-order chi connectivity index (χ0) is 13.7. The van der Waals surface area contributed by atoms with Crippen LogP contribution in [-0.2, 0) is 0 Å². The summed E-state index contributed by atoms with van der Waals surface area (Å²) < 4.78 is 2.15.